The third-order valence-electron chi connectivity index (χ3n) is 3.77. The van der Waals surface area contributed by atoms with Gasteiger partial charge in [0.1, 0.15) is 0 Å². The quantitative estimate of drug-likeness (QED) is 0.825. The maximum Gasteiger partial charge on any atom is 0.0900 e. The summed E-state index contributed by atoms with van der Waals surface area (Å²) in [5, 5.41) is 21.0. The van der Waals surface area contributed by atoms with Crippen LogP contribution in [0.15, 0.2) is 24.3 Å². The smallest absolute Gasteiger partial charge is 0.0900 e. The number of hydrogen-bond donors (Lipinski definition) is 2. The monoisotopic (exact) mass is 234 g/mol. The molecule has 0 atom stereocenters. The molecule has 0 aromatic heterocycles. The molecule has 1 aromatic rings. The second-order valence-corrected chi connectivity index (χ2v) is 5.70. The molecule has 17 heavy (non-hydrogen) atoms. The first-order valence-corrected chi connectivity index (χ1v) is 6.48. The van der Waals surface area contributed by atoms with Crippen LogP contribution in [0.25, 0.3) is 0 Å². The van der Waals surface area contributed by atoms with E-state index in [0.29, 0.717) is 0 Å². The first kappa shape index (κ1) is 12.6. The van der Waals surface area contributed by atoms with E-state index in [1.165, 1.54) is 6.42 Å². The molecule has 0 aliphatic heterocycles. The van der Waals surface area contributed by atoms with Gasteiger partial charge in [0.25, 0.3) is 0 Å². The lowest BCUT2D eigenvalue weighted by molar-refractivity contribution is -0.00767. The summed E-state index contributed by atoms with van der Waals surface area (Å²) >= 11 is 0. The van der Waals surface area contributed by atoms with Crippen LogP contribution in [0.3, 0.4) is 0 Å². The number of rotatable bonds is 2. The van der Waals surface area contributed by atoms with Gasteiger partial charge in [-0.15, -0.1) is 0 Å². The lowest BCUT2D eigenvalue weighted by Crippen LogP contribution is -2.32. The van der Waals surface area contributed by atoms with Gasteiger partial charge in [-0.1, -0.05) is 43.5 Å². The van der Waals surface area contributed by atoms with Crippen molar-refractivity contribution in [3.05, 3.63) is 35.4 Å². The molecule has 0 bridgehead atoms. The third-order valence-corrected chi connectivity index (χ3v) is 3.77. The molecule has 2 heteroatoms. The summed E-state index contributed by atoms with van der Waals surface area (Å²) in [6, 6.07) is 7.74. The molecule has 1 fully saturated rings. The minimum atomic E-state index is -0.899. The molecule has 0 radical (unpaired) electrons. The minimum Gasteiger partial charge on any atom is -0.386 e. The second kappa shape index (κ2) is 4.43. The molecule has 0 spiro atoms. The van der Waals surface area contributed by atoms with Gasteiger partial charge in [0.2, 0.25) is 0 Å². The average molecular weight is 234 g/mol. The van der Waals surface area contributed by atoms with Crippen LogP contribution in [0.4, 0.5) is 0 Å². The van der Waals surface area contributed by atoms with E-state index < -0.39 is 11.2 Å². The van der Waals surface area contributed by atoms with E-state index in [4.69, 9.17) is 0 Å². The van der Waals surface area contributed by atoms with Crippen LogP contribution in [0.5, 0.6) is 0 Å². The molecule has 0 heterocycles. The van der Waals surface area contributed by atoms with Gasteiger partial charge in [-0.3, -0.25) is 0 Å². The second-order valence-electron chi connectivity index (χ2n) is 5.70. The van der Waals surface area contributed by atoms with Gasteiger partial charge in [-0.2, -0.15) is 0 Å². The van der Waals surface area contributed by atoms with Gasteiger partial charge in [-0.05, 0) is 37.8 Å². The Hall–Kier alpha value is -0.860. The van der Waals surface area contributed by atoms with Crippen molar-refractivity contribution in [2.45, 2.75) is 57.2 Å². The predicted molar refractivity (Wildman–Crippen MR) is 68.7 cm³/mol. The summed E-state index contributed by atoms with van der Waals surface area (Å²) in [7, 11) is 0. The van der Waals surface area contributed by atoms with Crippen LogP contribution in [-0.4, -0.2) is 10.2 Å². The van der Waals surface area contributed by atoms with E-state index in [2.05, 4.69) is 0 Å². The van der Waals surface area contributed by atoms with Crippen LogP contribution < -0.4 is 0 Å². The summed E-state index contributed by atoms with van der Waals surface area (Å²) in [6.07, 6.45) is 4.95. The van der Waals surface area contributed by atoms with Crippen molar-refractivity contribution in [3.63, 3.8) is 0 Å². The van der Waals surface area contributed by atoms with Crippen LogP contribution in [0.2, 0.25) is 0 Å². The molecule has 2 nitrogen and oxygen atoms in total. The summed E-state index contributed by atoms with van der Waals surface area (Å²) in [5.74, 6) is 0. The topological polar surface area (TPSA) is 40.5 Å². The molecule has 1 aliphatic carbocycles. The van der Waals surface area contributed by atoms with E-state index in [0.717, 1.165) is 36.8 Å². The third kappa shape index (κ3) is 2.53. The zero-order valence-corrected chi connectivity index (χ0v) is 10.7. The standard InChI is InChI=1S/C15H22O2/c1-14(2,16)12-8-4-5-9-13(12)15(17)10-6-3-7-11-15/h4-5,8-9,16-17H,3,6-7,10-11H2,1-2H3. The zero-order valence-electron chi connectivity index (χ0n) is 10.7. The highest BCUT2D eigenvalue weighted by Crippen LogP contribution is 2.40. The molecule has 0 saturated heterocycles. The van der Waals surface area contributed by atoms with Crippen LogP contribution in [0, 0.1) is 0 Å². The Morgan fingerprint density at radius 1 is 1.06 bits per heavy atom. The van der Waals surface area contributed by atoms with E-state index in [-0.39, 0.29) is 0 Å². The first-order valence-electron chi connectivity index (χ1n) is 6.48. The highest BCUT2D eigenvalue weighted by Gasteiger charge is 2.35. The molecule has 1 aromatic carbocycles. The fraction of sp³-hybridized carbons (Fsp3) is 0.600. The Balaban J connectivity index is 2.44. The van der Waals surface area contributed by atoms with Crippen molar-refractivity contribution in [1.82, 2.24) is 0 Å². The van der Waals surface area contributed by atoms with Crippen molar-refractivity contribution in [2.24, 2.45) is 0 Å². The fourth-order valence-corrected chi connectivity index (χ4v) is 2.83. The molecule has 2 rings (SSSR count). The summed E-state index contributed by atoms with van der Waals surface area (Å²) < 4.78 is 0. The van der Waals surface area contributed by atoms with Gasteiger partial charge in [0.15, 0.2) is 0 Å². The molecule has 1 saturated carbocycles. The Morgan fingerprint density at radius 3 is 2.24 bits per heavy atom. The van der Waals surface area contributed by atoms with Gasteiger partial charge < -0.3 is 10.2 Å². The van der Waals surface area contributed by atoms with Crippen molar-refractivity contribution in [3.8, 4) is 0 Å². The summed E-state index contributed by atoms with van der Waals surface area (Å²) in [4.78, 5) is 0. The number of aliphatic hydroxyl groups is 2. The van der Waals surface area contributed by atoms with Crippen LogP contribution in [-0.2, 0) is 11.2 Å². The van der Waals surface area contributed by atoms with Crippen molar-refractivity contribution in [2.75, 3.05) is 0 Å². The largest absolute Gasteiger partial charge is 0.386 e. The summed E-state index contributed by atoms with van der Waals surface area (Å²) in [6.45, 7) is 3.55. The van der Waals surface area contributed by atoms with Gasteiger partial charge in [0.05, 0.1) is 11.2 Å². The zero-order chi connectivity index (χ0) is 12.5. The average Bonchev–Trinajstić information content (AvgIpc) is 2.29. The van der Waals surface area contributed by atoms with Gasteiger partial charge >= 0.3 is 0 Å². The molecule has 2 N–H and O–H groups in total. The molecule has 94 valence electrons. The van der Waals surface area contributed by atoms with E-state index in [1.807, 2.05) is 24.3 Å². The maximum absolute atomic E-state index is 10.8. The highest BCUT2D eigenvalue weighted by atomic mass is 16.3. The lowest BCUT2D eigenvalue weighted by atomic mass is 9.75. The van der Waals surface area contributed by atoms with Crippen LogP contribution >= 0.6 is 0 Å². The lowest BCUT2D eigenvalue weighted by Gasteiger charge is -2.36. The normalized spacial score (nSPS) is 20.2. The highest BCUT2D eigenvalue weighted by molar-refractivity contribution is 5.36. The van der Waals surface area contributed by atoms with Gasteiger partial charge in [0, 0.05) is 0 Å². The SMILES string of the molecule is CC(C)(O)c1ccccc1C1(O)CCCCC1. The predicted octanol–water partition coefficient (Wildman–Crippen LogP) is 3.07. The molecule has 0 unspecified atom stereocenters. The van der Waals surface area contributed by atoms with Gasteiger partial charge in [-0.25, -0.2) is 0 Å². The number of hydrogen-bond acceptors (Lipinski definition) is 2. The Morgan fingerprint density at radius 2 is 1.65 bits per heavy atom. The first-order chi connectivity index (χ1) is 7.93. The summed E-state index contributed by atoms with van der Waals surface area (Å²) in [5.41, 5.74) is 0.120. The molecule has 0 amide bonds. The molecular formula is C15H22O2. The van der Waals surface area contributed by atoms with E-state index in [1.54, 1.807) is 13.8 Å². The Kier molecular flexibility index (Phi) is 3.28. The van der Waals surface area contributed by atoms with Crippen molar-refractivity contribution in [1.29, 1.82) is 0 Å². The fourth-order valence-electron chi connectivity index (χ4n) is 2.83. The minimum absolute atomic E-state index is 0.741. The Labute approximate surface area is 103 Å². The van der Waals surface area contributed by atoms with Crippen LogP contribution in [0.1, 0.15) is 57.1 Å². The molecule has 1 aliphatic rings. The van der Waals surface area contributed by atoms with E-state index in [9.17, 15) is 10.2 Å². The van der Waals surface area contributed by atoms with Crippen molar-refractivity contribution >= 4 is 0 Å². The molecular weight excluding hydrogens is 212 g/mol. The van der Waals surface area contributed by atoms with Crippen molar-refractivity contribution < 1.29 is 10.2 Å². The number of benzene rings is 1. The maximum atomic E-state index is 10.8. The Bertz CT molecular complexity index is 384. The van der Waals surface area contributed by atoms with E-state index >= 15 is 0 Å².